The van der Waals surface area contributed by atoms with Gasteiger partial charge in [0.15, 0.2) is 0 Å². The summed E-state index contributed by atoms with van der Waals surface area (Å²) < 4.78 is 14.0. The van der Waals surface area contributed by atoms with Gasteiger partial charge in [-0.25, -0.2) is 4.39 Å². The lowest BCUT2D eigenvalue weighted by Gasteiger charge is -2.27. The van der Waals surface area contributed by atoms with Crippen molar-refractivity contribution in [3.63, 3.8) is 0 Å². The lowest BCUT2D eigenvalue weighted by atomic mass is 9.91. The van der Waals surface area contributed by atoms with Crippen molar-refractivity contribution in [1.82, 2.24) is 5.32 Å². The molecule has 0 radical (unpaired) electrons. The summed E-state index contributed by atoms with van der Waals surface area (Å²) in [7, 11) is 1.90. The first kappa shape index (κ1) is 13.9. The molecule has 100 valence electrons. The molecule has 1 fully saturated rings. The Morgan fingerprint density at radius 2 is 2.22 bits per heavy atom. The summed E-state index contributed by atoms with van der Waals surface area (Å²) in [5.74, 6) is 0.724. The number of hydrogen-bond donors (Lipinski definition) is 1. The van der Waals surface area contributed by atoms with Crippen molar-refractivity contribution in [1.29, 1.82) is 0 Å². The minimum absolute atomic E-state index is 0.0639. The van der Waals surface area contributed by atoms with Crippen LogP contribution in [0.1, 0.15) is 38.2 Å². The Labute approximate surface area is 114 Å². The highest BCUT2D eigenvalue weighted by atomic mass is 32.2. The van der Waals surface area contributed by atoms with Crippen molar-refractivity contribution in [3.8, 4) is 0 Å². The summed E-state index contributed by atoms with van der Waals surface area (Å²) in [6, 6.07) is 5.40. The molecule has 1 nitrogen and oxygen atoms in total. The molecule has 2 atom stereocenters. The van der Waals surface area contributed by atoms with Crippen LogP contribution in [0, 0.1) is 11.7 Å². The molecule has 0 heterocycles. The predicted octanol–water partition coefficient (Wildman–Crippen LogP) is 4.22. The molecule has 0 saturated heterocycles. The van der Waals surface area contributed by atoms with Gasteiger partial charge in [-0.2, -0.15) is 0 Å². The summed E-state index contributed by atoms with van der Waals surface area (Å²) in [5.41, 5.74) is 1.08. The minimum Gasteiger partial charge on any atom is -0.316 e. The van der Waals surface area contributed by atoms with Crippen LogP contribution in [0.3, 0.4) is 0 Å². The predicted molar refractivity (Wildman–Crippen MR) is 76.4 cm³/mol. The number of hydrogen-bond acceptors (Lipinski definition) is 2. The van der Waals surface area contributed by atoms with E-state index in [0.29, 0.717) is 5.25 Å². The van der Waals surface area contributed by atoms with Gasteiger partial charge in [0, 0.05) is 16.7 Å². The molecule has 0 amide bonds. The Balaban J connectivity index is 2.11. The van der Waals surface area contributed by atoms with Crippen LogP contribution in [0.4, 0.5) is 4.39 Å². The number of benzene rings is 1. The SMILES string of the molecule is CNCc1cccc(F)c1SC1CCCC(C)C1. The highest BCUT2D eigenvalue weighted by Crippen LogP contribution is 2.38. The molecule has 1 saturated carbocycles. The fraction of sp³-hybridized carbons (Fsp3) is 0.600. The Morgan fingerprint density at radius 3 is 2.94 bits per heavy atom. The second kappa shape index (κ2) is 6.58. The molecule has 3 heteroatoms. The van der Waals surface area contributed by atoms with Gasteiger partial charge in [-0.1, -0.05) is 31.9 Å². The zero-order valence-corrected chi connectivity index (χ0v) is 12.0. The van der Waals surface area contributed by atoms with Crippen molar-refractivity contribution < 1.29 is 4.39 Å². The Hall–Kier alpha value is -0.540. The third-order valence-corrected chi connectivity index (χ3v) is 5.04. The van der Waals surface area contributed by atoms with Gasteiger partial charge >= 0.3 is 0 Å². The molecule has 0 spiro atoms. The zero-order valence-electron chi connectivity index (χ0n) is 11.2. The molecule has 1 N–H and O–H groups in total. The summed E-state index contributed by atoms with van der Waals surface area (Å²) in [5, 5.41) is 3.70. The first-order valence-corrected chi connectivity index (χ1v) is 7.67. The molecule has 18 heavy (non-hydrogen) atoms. The van der Waals surface area contributed by atoms with E-state index in [1.54, 1.807) is 23.9 Å². The van der Waals surface area contributed by atoms with Crippen molar-refractivity contribution in [2.75, 3.05) is 7.05 Å². The Morgan fingerprint density at radius 1 is 1.39 bits per heavy atom. The molecule has 1 aromatic carbocycles. The van der Waals surface area contributed by atoms with Gasteiger partial charge in [-0.05, 0) is 37.4 Å². The Kier molecular flexibility index (Phi) is 5.07. The average molecular weight is 267 g/mol. The second-order valence-electron chi connectivity index (χ2n) is 5.27. The second-order valence-corrected chi connectivity index (χ2v) is 6.58. The maximum atomic E-state index is 14.0. The third-order valence-electron chi connectivity index (χ3n) is 3.59. The van der Waals surface area contributed by atoms with Crippen molar-refractivity contribution in [2.45, 2.75) is 49.3 Å². The van der Waals surface area contributed by atoms with E-state index in [1.807, 2.05) is 13.1 Å². The minimum atomic E-state index is -0.0639. The fourth-order valence-corrected chi connectivity index (χ4v) is 4.18. The monoisotopic (exact) mass is 267 g/mol. The van der Waals surface area contributed by atoms with Crippen LogP contribution in [-0.2, 0) is 6.54 Å². The largest absolute Gasteiger partial charge is 0.316 e. The van der Waals surface area contributed by atoms with E-state index < -0.39 is 0 Å². The van der Waals surface area contributed by atoms with Gasteiger partial charge in [-0.15, -0.1) is 11.8 Å². The topological polar surface area (TPSA) is 12.0 Å². The van der Waals surface area contributed by atoms with E-state index in [4.69, 9.17) is 0 Å². The van der Waals surface area contributed by atoms with Crippen LogP contribution < -0.4 is 5.32 Å². The van der Waals surface area contributed by atoms with Crippen LogP contribution in [-0.4, -0.2) is 12.3 Å². The first-order valence-electron chi connectivity index (χ1n) is 6.79. The molecule has 0 bridgehead atoms. The molecule has 1 aliphatic carbocycles. The van der Waals surface area contributed by atoms with Crippen LogP contribution in [0.15, 0.2) is 23.1 Å². The summed E-state index contributed by atoms with van der Waals surface area (Å²) >= 11 is 1.75. The maximum Gasteiger partial charge on any atom is 0.137 e. The van der Waals surface area contributed by atoms with Crippen LogP contribution in [0.25, 0.3) is 0 Å². The molecular weight excluding hydrogens is 245 g/mol. The quantitative estimate of drug-likeness (QED) is 0.876. The van der Waals surface area contributed by atoms with Crippen molar-refractivity contribution in [3.05, 3.63) is 29.6 Å². The number of nitrogens with one attached hydrogen (secondary N) is 1. The zero-order chi connectivity index (χ0) is 13.0. The van der Waals surface area contributed by atoms with Gasteiger partial charge in [0.05, 0.1) is 0 Å². The van der Waals surface area contributed by atoms with Crippen LogP contribution in [0.2, 0.25) is 0 Å². The summed E-state index contributed by atoms with van der Waals surface area (Å²) in [4.78, 5) is 0.853. The third kappa shape index (κ3) is 3.48. The highest BCUT2D eigenvalue weighted by Gasteiger charge is 2.22. The van der Waals surface area contributed by atoms with Gasteiger partial charge in [0.2, 0.25) is 0 Å². The average Bonchev–Trinajstić information content (AvgIpc) is 2.34. The number of thioether (sulfide) groups is 1. The molecule has 2 unspecified atom stereocenters. The van der Waals surface area contributed by atoms with Crippen molar-refractivity contribution in [2.24, 2.45) is 5.92 Å². The lowest BCUT2D eigenvalue weighted by molar-refractivity contribution is 0.394. The van der Waals surface area contributed by atoms with Gasteiger partial charge in [0.25, 0.3) is 0 Å². The molecule has 1 aromatic rings. The van der Waals surface area contributed by atoms with Crippen molar-refractivity contribution >= 4 is 11.8 Å². The smallest absolute Gasteiger partial charge is 0.137 e. The molecule has 0 aliphatic heterocycles. The van der Waals surface area contributed by atoms with E-state index in [-0.39, 0.29) is 5.82 Å². The molecule has 1 aliphatic rings. The van der Waals surface area contributed by atoms with E-state index in [2.05, 4.69) is 12.2 Å². The normalized spacial score (nSPS) is 24.2. The lowest BCUT2D eigenvalue weighted by Crippen LogP contribution is -2.16. The van der Waals surface area contributed by atoms with Crippen LogP contribution >= 0.6 is 11.8 Å². The summed E-state index contributed by atoms with van der Waals surface area (Å²) in [6.45, 7) is 3.05. The number of halogens is 1. The summed E-state index contributed by atoms with van der Waals surface area (Å²) in [6.07, 6.45) is 5.06. The molecule has 2 rings (SSSR count). The van der Waals surface area contributed by atoms with E-state index in [0.717, 1.165) is 22.9 Å². The highest BCUT2D eigenvalue weighted by molar-refractivity contribution is 8.00. The van der Waals surface area contributed by atoms with E-state index in [1.165, 1.54) is 25.7 Å². The molecular formula is C15H22FNS. The maximum absolute atomic E-state index is 14.0. The Bertz CT molecular complexity index is 394. The molecule has 0 aromatic heterocycles. The van der Waals surface area contributed by atoms with Gasteiger partial charge in [-0.3, -0.25) is 0 Å². The first-order chi connectivity index (χ1) is 8.70. The van der Waals surface area contributed by atoms with E-state index >= 15 is 0 Å². The standard InChI is InChI=1S/C15H22FNS/c1-11-5-3-7-13(9-11)18-15-12(10-17-2)6-4-8-14(15)16/h4,6,8,11,13,17H,3,5,7,9-10H2,1-2H3. The fourth-order valence-electron chi connectivity index (χ4n) is 2.67. The van der Waals surface area contributed by atoms with Gasteiger partial charge in [0.1, 0.15) is 5.82 Å². The number of rotatable bonds is 4. The van der Waals surface area contributed by atoms with E-state index in [9.17, 15) is 4.39 Å². The van der Waals surface area contributed by atoms with Gasteiger partial charge < -0.3 is 5.32 Å². The van der Waals surface area contributed by atoms with Crippen LogP contribution in [0.5, 0.6) is 0 Å².